The highest BCUT2D eigenvalue weighted by Gasteiger charge is 2.21. The molecule has 1 aromatic rings. The predicted molar refractivity (Wildman–Crippen MR) is 84.8 cm³/mol. The largest absolute Gasteiger partial charge is 0.309 e. The van der Waals surface area contributed by atoms with Gasteiger partial charge in [-0.3, -0.25) is 0 Å². The number of rotatable bonds is 4. The Balaban J connectivity index is 1.54. The third-order valence-electron chi connectivity index (χ3n) is 5.01. The Labute approximate surface area is 123 Å². The van der Waals surface area contributed by atoms with E-state index in [1.807, 2.05) is 0 Å². The van der Waals surface area contributed by atoms with Gasteiger partial charge in [-0.05, 0) is 44.0 Å². The van der Waals surface area contributed by atoms with Crippen LogP contribution >= 0.6 is 0 Å². The molecule has 0 bridgehead atoms. The van der Waals surface area contributed by atoms with Crippen LogP contribution in [0.1, 0.15) is 50.1 Å². The summed E-state index contributed by atoms with van der Waals surface area (Å²) in [6, 6.07) is 11.5. The van der Waals surface area contributed by atoms with Gasteiger partial charge < -0.3 is 10.2 Å². The van der Waals surface area contributed by atoms with Gasteiger partial charge in [0.1, 0.15) is 0 Å². The summed E-state index contributed by atoms with van der Waals surface area (Å²) in [6.45, 7) is 4.90. The van der Waals surface area contributed by atoms with Gasteiger partial charge in [-0.1, -0.05) is 56.0 Å². The zero-order valence-corrected chi connectivity index (χ0v) is 12.6. The molecule has 0 aromatic heterocycles. The van der Waals surface area contributed by atoms with E-state index in [0.29, 0.717) is 6.04 Å². The van der Waals surface area contributed by atoms with Crippen molar-refractivity contribution in [2.24, 2.45) is 5.92 Å². The van der Waals surface area contributed by atoms with E-state index in [1.54, 1.807) is 0 Å². The smallest absolute Gasteiger partial charge is 0.0449 e. The predicted octanol–water partition coefficient (Wildman–Crippen LogP) is 3.60. The van der Waals surface area contributed by atoms with Crippen molar-refractivity contribution in [2.75, 3.05) is 26.2 Å². The molecule has 2 fully saturated rings. The Morgan fingerprint density at radius 1 is 1.05 bits per heavy atom. The Kier molecular flexibility index (Phi) is 5.10. The van der Waals surface area contributed by atoms with E-state index < -0.39 is 0 Å². The molecule has 1 atom stereocenters. The van der Waals surface area contributed by atoms with Crippen molar-refractivity contribution in [2.45, 2.75) is 44.6 Å². The van der Waals surface area contributed by atoms with Crippen molar-refractivity contribution in [3.8, 4) is 0 Å². The van der Waals surface area contributed by atoms with Crippen molar-refractivity contribution in [1.29, 1.82) is 0 Å². The SMILES string of the molecule is c1ccc(C2CN(CCC3CCCC3)CCCN2)cc1. The van der Waals surface area contributed by atoms with Crippen LogP contribution in [0.25, 0.3) is 0 Å². The molecule has 1 unspecified atom stereocenters. The van der Waals surface area contributed by atoms with E-state index in [9.17, 15) is 0 Å². The Morgan fingerprint density at radius 3 is 2.65 bits per heavy atom. The van der Waals surface area contributed by atoms with Crippen LogP contribution in [-0.2, 0) is 0 Å². The van der Waals surface area contributed by atoms with E-state index >= 15 is 0 Å². The highest BCUT2D eigenvalue weighted by molar-refractivity contribution is 5.19. The van der Waals surface area contributed by atoms with Crippen molar-refractivity contribution < 1.29 is 0 Å². The molecule has 1 aliphatic heterocycles. The summed E-state index contributed by atoms with van der Waals surface area (Å²) in [6.07, 6.45) is 8.61. The lowest BCUT2D eigenvalue weighted by Crippen LogP contribution is -2.32. The number of benzene rings is 1. The Hall–Kier alpha value is -0.860. The van der Waals surface area contributed by atoms with E-state index in [4.69, 9.17) is 0 Å². The molecule has 2 aliphatic rings. The molecule has 1 saturated carbocycles. The van der Waals surface area contributed by atoms with Crippen LogP contribution in [0.3, 0.4) is 0 Å². The summed E-state index contributed by atoms with van der Waals surface area (Å²) in [7, 11) is 0. The second kappa shape index (κ2) is 7.24. The van der Waals surface area contributed by atoms with Crippen LogP contribution in [-0.4, -0.2) is 31.1 Å². The van der Waals surface area contributed by atoms with E-state index in [-0.39, 0.29) is 0 Å². The fraction of sp³-hybridized carbons (Fsp3) is 0.667. The maximum Gasteiger partial charge on any atom is 0.0449 e. The minimum atomic E-state index is 0.516. The van der Waals surface area contributed by atoms with Gasteiger partial charge in [0, 0.05) is 12.6 Å². The lowest BCUT2D eigenvalue weighted by molar-refractivity contribution is 0.247. The summed E-state index contributed by atoms with van der Waals surface area (Å²) in [5.74, 6) is 1.02. The minimum Gasteiger partial charge on any atom is -0.309 e. The van der Waals surface area contributed by atoms with Crippen LogP contribution in [0, 0.1) is 5.92 Å². The molecule has 1 heterocycles. The monoisotopic (exact) mass is 272 g/mol. The zero-order valence-electron chi connectivity index (χ0n) is 12.6. The third-order valence-corrected chi connectivity index (χ3v) is 5.01. The van der Waals surface area contributed by atoms with E-state index in [2.05, 4.69) is 40.5 Å². The maximum atomic E-state index is 3.71. The minimum absolute atomic E-state index is 0.516. The van der Waals surface area contributed by atoms with Crippen molar-refractivity contribution in [3.63, 3.8) is 0 Å². The standard InChI is InChI=1S/C18H28N2/c1-2-9-17(10-3-1)18-15-20(13-6-12-19-18)14-11-16-7-4-5-8-16/h1-3,9-10,16,18-19H,4-8,11-15H2. The van der Waals surface area contributed by atoms with Crippen LogP contribution < -0.4 is 5.32 Å². The molecule has 1 N–H and O–H groups in total. The highest BCUT2D eigenvalue weighted by atomic mass is 15.2. The Morgan fingerprint density at radius 2 is 1.85 bits per heavy atom. The van der Waals surface area contributed by atoms with Crippen molar-refractivity contribution >= 4 is 0 Å². The van der Waals surface area contributed by atoms with Gasteiger partial charge in [-0.15, -0.1) is 0 Å². The summed E-state index contributed by atoms with van der Waals surface area (Å²) in [5.41, 5.74) is 1.44. The average molecular weight is 272 g/mol. The second-order valence-electron chi connectivity index (χ2n) is 6.51. The summed E-state index contributed by atoms with van der Waals surface area (Å²) >= 11 is 0. The summed E-state index contributed by atoms with van der Waals surface area (Å²) < 4.78 is 0. The van der Waals surface area contributed by atoms with Crippen molar-refractivity contribution in [3.05, 3.63) is 35.9 Å². The van der Waals surface area contributed by atoms with Gasteiger partial charge in [-0.2, -0.15) is 0 Å². The molecule has 1 saturated heterocycles. The third kappa shape index (κ3) is 3.83. The molecule has 0 spiro atoms. The second-order valence-corrected chi connectivity index (χ2v) is 6.51. The molecule has 0 radical (unpaired) electrons. The van der Waals surface area contributed by atoms with Gasteiger partial charge in [0.15, 0.2) is 0 Å². The molecule has 2 heteroatoms. The number of hydrogen-bond acceptors (Lipinski definition) is 2. The van der Waals surface area contributed by atoms with E-state index in [0.717, 1.165) is 12.5 Å². The molecular formula is C18H28N2. The molecule has 0 amide bonds. The molecule has 2 nitrogen and oxygen atoms in total. The molecule has 3 rings (SSSR count). The fourth-order valence-corrected chi connectivity index (χ4v) is 3.77. The first-order valence-corrected chi connectivity index (χ1v) is 8.42. The quantitative estimate of drug-likeness (QED) is 0.901. The van der Waals surface area contributed by atoms with Gasteiger partial charge in [0.05, 0.1) is 0 Å². The van der Waals surface area contributed by atoms with E-state index in [1.165, 1.54) is 63.7 Å². The fourth-order valence-electron chi connectivity index (χ4n) is 3.77. The van der Waals surface area contributed by atoms with Crippen LogP contribution in [0.5, 0.6) is 0 Å². The number of hydrogen-bond donors (Lipinski definition) is 1. The maximum absolute atomic E-state index is 3.71. The van der Waals surface area contributed by atoms with Gasteiger partial charge in [0.25, 0.3) is 0 Å². The molecule has 1 aromatic carbocycles. The summed E-state index contributed by atoms with van der Waals surface area (Å²) in [5, 5.41) is 3.71. The lowest BCUT2D eigenvalue weighted by atomic mass is 10.0. The van der Waals surface area contributed by atoms with Crippen LogP contribution in [0.15, 0.2) is 30.3 Å². The highest BCUT2D eigenvalue weighted by Crippen LogP contribution is 2.28. The first-order valence-electron chi connectivity index (χ1n) is 8.42. The topological polar surface area (TPSA) is 15.3 Å². The molecular weight excluding hydrogens is 244 g/mol. The number of nitrogens with one attached hydrogen (secondary N) is 1. The first-order chi connectivity index (χ1) is 9.92. The Bertz CT molecular complexity index is 384. The van der Waals surface area contributed by atoms with Crippen LogP contribution in [0.4, 0.5) is 0 Å². The lowest BCUT2D eigenvalue weighted by Gasteiger charge is -2.25. The van der Waals surface area contributed by atoms with Gasteiger partial charge in [-0.25, -0.2) is 0 Å². The summed E-state index contributed by atoms with van der Waals surface area (Å²) in [4.78, 5) is 2.69. The van der Waals surface area contributed by atoms with Crippen LogP contribution in [0.2, 0.25) is 0 Å². The van der Waals surface area contributed by atoms with Gasteiger partial charge in [0.2, 0.25) is 0 Å². The molecule has 1 aliphatic carbocycles. The van der Waals surface area contributed by atoms with Gasteiger partial charge >= 0.3 is 0 Å². The zero-order chi connectivity index (χ0) is 13.6. The average Bonchev–Trinajstić information content (AvgIpc) is 2.90. The number of nitrogens with zero attached hydrogens (tertiary/aromatic N) is 1. The molecule has 20 heavy (non-hydrogen) atoms. The molecule has 110 valence electrons. The van der Waals surface area contributed by atoms with Crippen molar-refractivity contribution in [1.82, 2.24) is 10.2 Å². The first kappa shape index (κ1) is 14.1. The normalized spacial score (nSPS) is 25.7.